The fourth-order valence-corrected chi connectivity index (χ4v) is 5.23. The predicted octanol–water partition coefficient (Wildman–Crippen LogP) is 3.61. The summed E-state index contributed by atoms with van der Waals surface area (Å²) in [6.07, 6.45) is 3.69. The van der Waals surface area contributed by atoms with Gasteiger partial charge in [-0.1, -0.05) is 53.7 Å². The topological polar surface area (TPSA) is 95.2 Å². The van der Waals surface area contributed by atoms with Crippen LogP contribution in [-0.4, -0.2) is 59.8 Å². The number of carbonyl (C=O) groups is 1. The first-order valence-corrected chi connectivity index (χ1v) is 12.9. The summed E-state index contributed by atoms with van der Waals surface area (Å²) in [5.41, 5.74) is 2.58. The van der Waals surface area contributed by atoms with Crippen LogP contribution in [0, 0.1) is 5.92 Å². The Bertz CT molecular complexity index is 1410. The lowest BCUT2D eigenvalue weighted by Crippen LogP contribution is -2.36. The molecule has 5 rings (SSSR count). The van der Waals surface area contributed by atoms with Crippen LogP contribution in [0.25, 0.3) is 16.3 Å². The molecular weight excluding hydrogens is 484 g/mol. The maximum atomic E-state index is 13.3. The van der Waals surface area contributed by atoms with Crippen molar-refractivity contribution in [2.75, 3.05) is 27.3 Å². The first-order chi connectivity index (χ1) is 18.6. The maximum absolute atomic E-state index is 13.3. The minimum Gasteiger partial charge on any atom is -0.503 e. The Morgan fingerprint density at radius 2 is 1.76 bits per heavy atom. The molecule has 38 heavy (non-hydrogen) atoms. The number of likely N-dealkylation sites (tertiary alicyclic amines) is 1. The van der Waals surface area contributed by atoms with Gasteiger partial charge < -0.3 is 14.3 Å². The van der Waals surface area contributed by atoms with Crippen molar-refractivity contribution >= 4 is 28.0 Å². The van der Waals surface area contributed by atoms with E-state index in [2.05, 4.69) is 39.4 Å². The van der Waals surface area contributed by atoms with Gasteiger partial charge in [-0.3, -0.25) is 9.69 Å². The highest BCUT2D eigenvalue weighted by Gasteiger charge is 2.31. The van der Waals surface area contributed by atoms with Gasteiger partial charge in [0.05, 0.1) is 38.1 Å². The quantitative estimate of drug-likeness (QED) is 0.256. The molecule has 2 aliphatic heterocycles. The third-order valence-corrected chi connectivity index (χ3v) is 7.20. The molecule has 1 unspecified atom stereocenters. The molecular formula is C29H32N4O5. The van der Waals surface area contributed by atoms with Gasteiger partial charge >= 0.3 is 5.97 Å². The van der Waals surface area contributed by atoms with E-state index in [9.17, 15) is 9.59 Å². The molecule has 0 spiro atoms. The second-order valence-corrected chi connectivity index (χ2v) is 9.69. The standard InChI is InChI=1S/C29H32N4O5/c1-36-19-25(29(35)37-2)27-23-10-6-7-11-24(23)28(34)33(30-27)18-22-16-26(31-38-22)21-12-14-32(15-13-21)17-20-8-4-3-5-9-20/h3-11,19,21-22H,12-18H2,1-2H3/b25-19-. The van der Waals surface area contributed by atoms with Gasteiger partial charge in [0.2, 0.25) is 0 Å². The molecule has 2 aromatic carbocycles. The zero-order valence-corrected chi connectivity index (χ0v) is 21.7. The van der Waals surface area contributed by atoms with Gasteiger partial charge in [-0.25, -0.2) is 9.48 Å². The van der Waals surface area contributed by atoms with Gasteiger partial charge in [0.25, 0.3) is 5.56 Å². The summed E-state index contributed by atoms with van der Waals surface area (Å²) in [6.45, 7) is 3.21. The van der Waals surface area contributed by atoms with Gasteiger partial charge in [0, 0.05) is 24.3 Å². The van der Waals surface area contributed by atoms with Gasteiger partial charge in [-0.05, 0) is 37.6 Å². The van der Waals surface area contributed by atoms with E-state index >= 15 is 0 Å². The second-order valence-electron chi connectivity index (χ2n) is 9.69. The fraction of sp³-hybridized carbons (Fsp3) is 0.379. The van der Waals surface area contributed by atoms with Crippen LogP contribution in [0.1, 0.15) is 30.5 Å². The van der Waals surface area contributed by atoms with E-state index in [1.165, 1.54) is 30.7 Å². The number of hydrogen-bond acceptors (Lipinski definition) is 8. The molecule has 2 aliphatic rings. The minimum absolute atomic E-state index is 0.131. The van der Waals surface area contributed by atoms with Crippen LogP contribution in [0.2, 0.25) is 0 Å². The zero-order chi connectivity index (χ0) is 26.5. The van der Waals surface area contributed by atoms with Crippen molar-refractivity contribution in [3.05, 3.63) is 82.5 Å². The van der Waals surface area contributed by atoms with Crippen molar-refractivity contribution in [3.8, 4) is 0 Å². The molecule has 1 aromatic heterocycles. The van der Waals surface area contributed by atoms with Crippen LogP contribution >= 0.6 is 0 Å². The Labute approximate surface area is 221 Å². The Morgan fingerprint density at radius 1 is 1.05 bits per heavy atom. The van der Waals surface area contributed by atoms with E-state index in [1.54, 1.807) is 24.3 Å². The second kappa shape index (κ2) is 11.6. The molecule has 9 nitrogen and oxygen atoms in total. The molecule has 1 saturated heterocycles. The zero-order valence-electron chi connectivity index (χ0n) is 21.7. The average molecular weight is 517 g/mol. The third-order valence-electron chi connectivity index (χ3n) is 7.20. The van der Waals surface area contributed by atoms with Crippen LogP contribution in [-0.2, 0) is 32.2 Å². The summed E-state index contributed by atoms with van der Waals surface area (Å²) in [4.78, 5) is 34.0. The van der Waals surface area contributed by atoms with Gasteiger partial charge in [0.1, 0.15) is 11.3 Å². The normalized spacial score (nSPS) is 18.7. The number of rotatable bonds is 8. The van der Waals surface area contributed by atoms with Crippen LogP contribution in [0.4, 0.5) is 0 Å². The van der Waals surface area contributed by atoms with E-state index in [0.29, 0.717) is 28.8 Å². The summed E-state index contributed by atoms with van der Waals surface area (Å²) in [5.74, 6) is -0.226. The number of aromatic nitrogens is 2. The van der Waals surface area contributed by atoms with Gasteiger partial charge in [-0.15, -0.1) is 0 Å². The van der Waals surface area contributed by atoms with Crippen molar-refractivity contribution in [2.24, 2.45) is 11.1 Å². The summed E-state index contributed by atoms with van der Waals surface area (Å²) < 4.78 is 11.4. The highest BCUT2D eigenvalue weighted by Crippen LogP contribution is 2.27. The number of oxime groups is 1. The number of esters is 1. The smallest absolute Gasteiger partial charge is 0.343 e. The molecule has 0 radical (unpaired) electrons. The minimum atomic E-state index is -0.601. The van der Waals surface area contributed by atoms with E-state index in [4.69, 9.17) is 14.3 Å². The fourth-order valence-electron chi connectivity index (χ4n) is 5.23. The number of carbonyl (C=O) groups excluding carboxylic acids is 1. The van der Waals surface area contributed by atoms with Crippen LogP contribution in [0.5, 0.6) is 0 Å². The molecule has 1 atom stereocenters. The Morgan fingerprint density at radius 3 is 2.47 bits per heavy atom. The Balaban J connectivity index is 1.28. The lowest BCUT2D eigenvalue weighted by Gasteiger charge is -2.31. The number of piperidine rings is 1. The SMILES string of the molecule is CO/C=C(\C(=O)OC)c1nn(CC2CC(C3CCN(Cc4ccccc4)CC3)=NO2)c(=O)c2ccccc12. The largest absolute Gasteiger partial charge is 0.503 e. The lowest BCUT2D eigenvalue weighted by molar-refractivity contribution is -0.133. The molecule has 9 heteroatoms. The maximum Gasteiger partial charge on any atom is 0.343 e. The molecule has 0 N–H and O–H groups in total. The molecule has 0 bridgehead atoms. The number of methoxy groups -OCH3 is 2. The number of ether oxygens (including phenoxy) is 2. The third kappa shape index (κ3) is 5.47. The van der Waals surface area contributed by atoms with Crippen molar-refractivity contribution in [3.63, 3.8) is 0 Å². The van der Waals surface area contributed by atoms with Gasteiger partial charge in [0.15, 0.2) is 6.10 Å². The van der Waals surface area contributed by atoms with Crippen LogP contribution in [0.15, 0.2) is 70.8 Å². The van der Waals surface area contributed by atoms with Crippen molar-refractivity contribution in [2.45, 2.75) is 38.5 Å². The number of benzene rings is 2. The summed E-state index contributed by atoms with van der Waals surface area (Å²) >= 11 is 0. The summed E-state index contributed by atoms with van der Waals surface area (Å²) in [7, 11) is 2.74. The number of fused-ring (bicyclic) bond motifs is 1. The monoisotopic (exact) mass is 516 g/mol. The first kappa shape index (κ1) is 25.7. The van der Waals surface area contributed by atoms with Crippen molar-refractivity contribution in [1.82, 2.24) is 14.7 Å². The van der Waals surface area contributed by atoms with Crippen LogP contribution in [0.3, 0.4) is 0 Å². The molecule has 3 aromatic rings. The van der Waals surface area contributed by atoms with E-state index in [0.717, 1.165) is 38.2 Å². The highest BCUT2D eigenvalue weighted by molar-refractivity contribution is 6.18. The van der Waals surface area contributed by atoms with E-state index < -0.39 is 5.97 Å². The average Bonchev–Trinajstić information content (AvgIpc) is 3.42. The van der Waals surface area contributed by atoms with Crippen molar-refractivity contribution in [1.29, 1.82) is 0 Å². The molecule has 198 valence electrons. The van der Waals surface area contributed by atoms with Crippen LogP contribution < -0.4 is 5.56 Å². The van der Waals surface area contributed by atoms with E-state index in [1.807, 2.05) is 6.07 Å². The molecule has 0 amide bonds. The summed E-state index contributed by atoms with van der Waals surface area (Å²) in [6, 6.07) is 17.6. The van der Waals surface area contributed by atoms with E-state index in [-0.39, 0.29) is 23.8 Å². The summed E-state index contributed by atoms with van der Waals surface area (Å²) in [5, 5.41) is 9.97. The molecule has 0 aliphatic carbocycles. The highest BCUT2D eigenvalue weighted by atomic mass is 16.6. The number of hydrogen-bond donors (Lipinski definition) is 0. The Hall–Kier alpha value is -3.98. The molecule has 1 fully saturated rings. The Kier molecular flexibility index (Phi) is 7.83. The number of nitrogens with zero attached hydrogens (tertiary/aromatic N) is 4. The molecule has 0 saturated carbocycles. The predicted molar refractivity (Wildman–Crippen MR) is 144 cm³/mol. The lowest BCUT2D eigenvalue weighted by atomic mass is 9.89. The molecule has 3 heterocycles. The first-order valence-electron chi connectivity index (χ1n) is 12.9. The van der Waals surface area contributed by atoms with Gasteiger partial charge in [-0.2, -0.15) is 5.10 Å². The van der Waals surface area contributed by atoms with Crippen molar-refractivity contribution < 1.29 is 19.1 Å².